The highest BCUT2D eigenvalue weighted by Gasteiger charge is 2.30. The van der Waals surface area contributed by atoms with Crippen molar-refractivity contribution in [3.63, 3.8) is 0 Å². The minimum absolute atomic E-state index is 0.0460. The molecule has 1 aliphatic carbocycles. The third-order valence-corrected chi connectivity index (χ3v) is 4.27. The Morgan fingerprint density at radius 1 is 1.48 bits per heavy atom. The lowest BCUT2D eigenvalue weighted by Crippen LogP contribution is -2.14. The highest BCUT2D eigenvalue weighted by molar-refractivity contribution is 7.92. The average molecular weight is 311 g/mol. The Hall–Kier alpha value is -1.90. The van der Waals surface area contributed by atoms with Crippen molar-refractivity contribution in [2.75, 3.05) is 4.72 Å². The summed E-state index contributed by atoms with van der Waals surface area (Å²) in [5.41, 5.74) is 0. The molecule has 2 aromatic heterocycles. The van der Waals surface area contributed by atoms with Crippen LogP contribution in [0.3, 0.4) is 0 Å². The molecule has 2 heterocycles. The van der Waals surface area contributed by atoms with Crippen LogP contribution >= 0.6 is 0 Å². The minimum atomic E-state index is -3.79. The number of nitrogens with one attached hydrogen (secondary N) is 1. The molecule has 0 aliphatic heterocycles. The van der Waals surface area contributed by atoms with Crippen LogP contribution in [0, 0.1) is 5.92 Å². The largest absolute Gasteiger partial charge is 0.337 e. The van der Waals surface area contributed by atoms with Crippen LogP contribution in [0.1, 0.15) is 38.5 Å². The van der Waals surface area contributed by atoms with Crippen molar-refractivity contribution < 1.29 is 12.9 Å². The lowest BCUT2D eigenvalue weighted by molar-refractivity contribution is 0.380. The molecule has 0 saturated heterocycles. The molecule has 1 N–H and O–H groups in total. The summed E-state index contributed by atoms with van der Waals surface area (Å²) < 4.78 is 33.4. The fraction of sp³-hybridized carbons (Fsp3) is 0.583. The van der Waals surface area contributed by atoms with Gasteiger partial charge in [-0.3, -0.25) is 0 Å². The summed E-state index contributed by atoms with van der Waals surface area (Å²) in [6.07, 6.45) is 5.01. The van der Waals surface area contributed by atoms with Crippen molar-refractivity contribution in [3.8, 4) is 0 Å². The molecule has 1 saturated carbocycles. The van der Waals surface area contributed by atoms with Gasteiger partial charge in [-0.15, -0.1) is 0 Å². The van der Waals surface area contributed by atoms with Gasteiger partial charge in [0.15, 0.2) is 5.03 Å². The summed E-state index contributed by atoms with van der Waals surface area (Å²) in [4.78, 5) is 7.95. The van der Waals surface area contributed by atoms with E-state index in [0.29, 0.717) is 18.4 Å². The van der Waals surface area contributed by atoms with Gasteiger partial charge >= 0.3 is 0 Å². The molecule has 0 atom stereocenters. The molecule has 1 aliphatic rings. The molecule has 0 amide bonds. The Morgan fingerprint density at radius 3 is 2.90 bits per heavy atom. The van der Waals surface area contributed by atoms with Crippen LogP contribution in [0.4, 0.5) is 5.95 Å². The summed E-state index contributed by atoms with van der Waals surface area (Å²) in [6.45, 7) is 4.80. The molecular weight excluding hydrogens is 294 g/mol. The molecule has 1 fully saturated rings. The van der Waals surface area contributed by atoms with Crippen molar-refractivity contribution in [2.24, 2.45) is 5.92 Å². The first kappa shape index (κ1) is 14.1. The maximum Gasteiger partial charge on any atom is 0.283 e. The van der Waals surface area contributed by atoms with E-state index in [-0.39, 0.29) is 16.9 Å². The second kappa shape index (κ2) is 5.14. The molecule has 0 spiro atoms. The third kappa shape index (κ3) is 3.23. The van der Waals surface area contributed by atoms with Crippen molar-refractivity contribution in [3.05, 3.63) is 18.4 Å². The first-order valence-corrected chi connectivity index (χ1v) is 8.30. The minimum Gasteiger partial charge on any atom is -0.337 e. The van der Waals surface area contributed by atoms with E-state index in [1.165, 1.54) is 12.5 Å². The van der Waals surface area contributed by atoms with E-state index in [1.54, 1.807) is 4.57 Å². The van der Waals surface area contributed by atoms with Gasteiger partial charge in [-0.05, 0) is 23.9 Å². The lowest BCUT2D eigenvalue weighted by atomic mass is 10.2. The van der Waals surface area contributed by atoms with Gasteiger partial charge in [0.1, 0.15) is 0 Å². The van der Waals surface area contributed by atoms with E-state index in [0.717, 1.165) is 12.8 Å². The summed E-state index contributed by atoms with van der Waals surface area (Å²) in [5, 5.41) is 3.58. The average Bonchev–Trinajstić information content (AvgIpc) is 2.95. The monoisotopic (exact) mass is 311 g/mol. The van der Waals surface area contributed by atoms with Gasteiger partial charge in [0.25, 0.3) is 16.0 Å². The second-order valence-electron chi connectivity index (χ2n) is 5.64. The van der Waals surface area contributed by atoms with Gasteiger partial charge in [-0.1, -0.05) is 13.8 Å². The maximum atomic E-state index is 12.2. The molecule has 0 bridgehead atoms. The van der Waals surface area contributed by atoms with E-state index >= 15 is 0 Å². The van der Waals surface area contributed by atoms with Crippen LogP contribution in [-0.4, -0.2) is 28.1 Å². The quantitative estimate of drug-likeness (QED) is 0.869. The van der Waals surface area contributed by atoms with Crippen LogP contribution < -0.4 is 4.72 Å². The topological polar surface area (TPSA) is 103 Å². The molecule has 0 radical (unpaired) electrons. The first-order valence-electron chi connectivity index (χ1n) is 6.82. The van der Waals surface area contributed by atoms with Crippen LogP contribution in [0.5, 0.6) is 0 Å². The number of hydrogen-bond acceptors (Lipinski definition) is 6. The highest BCUT2D eigenvalue weighted by Crippen LogP contribution is 2.39. The fourth-order valence-electron chi connectivity index (χ4n) is 1.95. The number of imidazole rings is 1. The van der Waals surface area contributed by atoms with Gasteiger partial charge in [-0.25, -0.2) is 9.71 Å². The van der Waals surface area contributed by atoms with E-state index in [2.05, 4.69) is 19.8 Å². The number of rotatable bonds is 6. The van der Waals surface area contributed by atoms with E-state index in [1.807, 2.05) is 13.8 Å². The van der Waals surface area contributed by atoms with Crippen LogP contribution in [0.15, 0.2) is 22.1 Å². The molecular formula is C12H17N5O3S. The Morgan fingerprint density at radius 2 is 2.24 bits per heavy atom. The van der Waals surface area contributed by atoms with Gasteiger partial charge in [-0.2, -0.15) is 13.4 Å². The zero-order chi connectivity index (χ0) is 15.0. The Labute approximate surface area is 122 Å². The number of anilines is 1. The van der Waals surface area contributed by atoms with Crippen molar-refractivity contribution in [1.29, 1.82) is 0 Å². The number of sulfonamides is 1. The molecule has 2 aromatic rings. The zero-order valence-electron chi connectivity index (χ0n) is 11.9. The van der Waals surface area contributed by atoms with E-state index in [9.17, 15) is 8.42 Å². The Balaban J connectivity index is 1.74. The molecule has 8 nitrogen and oxygen atoms in total. The summed E-state index contributed by atoms with van der Waals surface area (Å²) in [7, 11) is -3.79. The maximum absolute atomic E-state index is 12.2. The predicted octanol–water partition coefficient (Wildman–Crippen LogP) is 1.60. The number of hydrogen-bond donors (Lipinski definition) is 1. The van der Waals surface area contributed by atoms with E-state index < -0.39 is 10.0 Å². The van der Waals surface area contributed by atoms with Crippen LogP contribution in [-0.2, 0) is 16.6 Å². The normalized spacial score (nSPS) is 15.6. The number of aromatic nitrogens is 4. The Kier molecular flexibility index (Phi) is 3.44. The van der Waals surface area contributed by atoms with Crippen molar-refractivity contribution in [1.82, 2.24) is 19.7 Å². The van der Waals surface area contributed by atoms with E-state index in [4.69, 9.17) is 4.52 Å². The summed E-state index contributed by atoms with van der Waals surface area (Å²) in [5.74, 6) is 1.12. The molecule has 9 heteroatoms. The number of nitrogens with zero attached hydrogens (tertiary/aromatic N) is 4. The molecule has 21 heavy (non-hydrogen) atoms. The standard InChI is InChI=1S/C12H17N5O3S/c1-8(2)5-17-6-10(13-7-17)21(18,19)16-12-14-11(20-15-12)9-3-4-9/h6-9H,3-5H2,1-2H3,(H,15,16). The van der Waals surface area contributed by atoms with Crippen molar-refractivity contribution >= 4 is 16.0 Å². The SMILES string of the molecule is CC(C)Cn1cnc(S(=O)(=O)Nc2noc(C3CC3)n2)c1. The van der Waals surface area contributed by atoms with Gasteiger partial charge in [0, 0.05) is 18.7 Å². The second-order valence-corrected chi connectivity index (χ2v) is 7.27. The van der Waals surface area contributed by atoms with Gasteiger partial charge in [0.05, 0.1) is 6.33 Å². The molecule has 114 valence electrons. The van der Waals surface area contributed by atoms with Gasteiger partial charge < -0.3 is 9.09 Å². The summed E-state index contributed by atoms with van der Waals surface area (Å²) >= 11 is 0. The van der Waals surface area contributed by atoms with Gasteiger partial charge in [0.2, 0.25) is 5.89 Å². The third-order valence-electron chi connectivity index (χ3n) is 3.05. The predicted molar refractivity (Wildman–Crippen MR) is 74.1 cm³/mol. The van der Waals surface area contributed by atoms with Crippen LogP contribution in [0.25, 0.3) is 0 Å². The molecule has 0 unspecified atom stereocenters. The fourth-order valence-corrected chi connectivity index (χ4v) is 2.83. The van der Waals surface area contributed by atoms with Crippen molar-refractivity contribution in [2.45, 2.75) is 44.2 Å². The first-order chi connectivity index (χ1) is 9.94. The summed E-state index contributed by atoms with van der Waals surface area (Å²) in [6, 6.07) is 0. The molecule has 3 rings (SSSR count). The lowest BCUT2D eigenvalue weighted by Gasteiger charge is -2.04. The Bertz CT molecular complexity index is 730. The zero-order valence-corrected chi connectivity index (χ0v) is 12.7. The van der Waals surface area contributed by atoms with Crippen LogP contribution in [0.2, 0.25) is 0 Å². The smallest absolute Gasteiger partial charge is 0.283 e. The molecule has 0 aromatic carbocycles. The highest BCUT2D eigenvalue weighted by atomic mass is 32.2.